The molecule has 0 bridgehead atoms. The molecule has 7 heteroatoms. The van der Waals surface area contributed by atoms with Crippen molar-refractivity contribution in [1.82, 2.24) is 4.98 Å². The van der Waals surface area contributed by atoms with Gasteiger partial charge in [0.15, 0.2) is 0 Å². The van der Waals surface area contributed by atoms with Crippen LogP contribution in [-0.2, 0) is 6.54 Å². The van der Waals surface area contributed by atoms with Crippen LogP contribution in [0.4, 0.5) is 11.5 Å². The number of halogens is 1. The van der Waals surface area contributed by atoms with E-state index in [0.29, 0.717) is 11.0 Å². The van der Waals surface area contributed by atoms with E-state index < -0.39 is 4.92 Å². The van der Waals surface area contributed by atoms with Gasteiger partial charge in [-0.1, -0.05) is 12.1 Å². The molecule has 0 spiro atoms. The van der Waals surface area contributed by atoms with E-state index in [1.807, 2.05) is 24.3 Å². The zero-order valence-electron chi connectivity index (χ0n) is 10.7. The van der Waals surface area contributed by atoms with Crippen molar-refractivity contribution in [2.24, 2.45) is 0 Å². The molecule has 104 valence electrons. The van der Waals surface area contributed by atoms with Crippen LogP contribution in [-0.4, -0.2) is 17.0 Å². The number of pyridine rings is 1. The first kappa shape index (κ1) is 14.3. The first-order valence-electron chi connectivity index (χ1n) is 5.77. The van der Waals surface area contributed by atoms with E-state index in [1.54, 1.807) is 7.11 Å². The van der Waals surface area contributed by atoms with Gasteiger partial charge in [0.1, 0.15) is 5.75 Å². The number of ether oxygens (including phenoxy) is 1. The van der Waals surface area contributed by atoms with E-state index in [1.165, 1.54) is 12.3 Å². The van der Waals surface area contributed by atoms with Crippen molar-refractivity contribution in [1.29, 1.82) is 0 Å². The second-order valence-corrected chi connectivity index (χ2v) is 4.90. The van der Waals surface area contributed by atoms with Crippen LogP contribution in [0.1, 0.15) is 5.56 Å². The summed E-state index contributed by atoms with van der Waals surface area (Å²) in [6.45, 7) is 0.423. The maximum atomic E-state index is 11.0. The lowest BCUT2D eigenvalue weighted by Gasteiger charge is -2.07. The van der Waals surface area contributed by atoms with Gasteiger partial charge in [-0.2, -0.15) is 0 Å². The first-order valence-corrected chi connectivity index (χ1v) is 6.56. The Morgan fingerprint density at radius 1 is 1.45 bits per heavy atom. The largest absolute Gasteiger partial charge is 0.497 e. The summed E-state index contributed by atoms with van der Waals surface area (Å²) in [7, 11) is 1.59. The summed E-state index contributed by atoms with van der Waals surface area (Å²) in [5, 5.41) is 13.9. The molecule has 0 aliphatic heterocycles. The third-order valence-electron chi connectivity index (χ3n) is 2.63. The van der Waals surface area contributed by atoms with Gasteiger partial charge in [-0.15, -0.1) is 0 Å². The smallest absolute Gasteiger partial charge is 0.312 e. The lowest BCUT2D eigenvalue weighted by molar-refractivity contribution is -0.384. The maximum Gasteiger partial charge on any atom is 0.312 e. The van der Waals surface area contributed by atoms with Crippen LogP contribution in [0, 0.1) is 10.1 Å². The maximum absolute atomic E-state index is 11.0. The van der Waals surface area contributed by atoms with Gasteiger partial charge in [0.2, 0.25) is 5.82 Å². The van der Waals surface area contributed by atoms with E-state index in [9.17, 15) is 10.1 Å². The average molecular weight is 338 g/mol. The standard InChI is InChI=1S/C13H12BrN3O3/c1-20-11-4-2-3-9(5-11)7-15-13-12(17(18)19)6-10(14)8-16-13/h2-6,8H,7H2,1H3,(H,15,16). The first-order chi connectivity index (χ1) is 9.60. The lowest BCUT2D eigenvalue weighted by atomic mass is 10.2. The quantitative estimate of drug-likeness (QED) is 0.668. The minimum Gasteiger partial charge on any atom is -0.497 e. The third kappa shape index (κ3) is 3.45. The van der Waals surface area contributed by atoms with E-state index in [0.717, 1.165) is 11.3 Å². The molecular formula is C13H12BrN3O3. The molecule has 1 heterocycles. The monoisotopic (exact) mass is 337 g/mol. The fourth-order valence-electron chi connectivity index (χ4n) is 1.67. The number of benzene rings is 1. The fourth-order valence-corrected chi connectivity index (χ4v) is 1.99. The molecule has 0 amide bonds. The summed E-state index contributed by atoms with van der Waals surface area (Å²) in [6, 6.07) is 8.88. The minimum atomic E-state index is -0.467. The zero-order chi connectivity index (χ0) is 14.5. The predicted octanol–water partition coefficient (Wildman–Crippen LogP) is 3.37. The van der Waals surface area contributed by atoms with E-state index in [-0.39, 0.29) is 11.5 Å². The van der Waals surface area contributed by atoms with Crippen molar-refractivity contribution in [3.05, 3.63) is 56.7 Å². The van der Waals surface area contributed by atoms with Crippen LogP contribution in [0.25, 0.3) is 0 Å². The van der Waals surface area contributed by atoms with Gasteiger partial charge in [-0.3, -0.25) is 10.1 Å². The molecule has 0 fully saturated rings. The normalized spacial score (nSPS) is 10.1. The molecule has 1 aromatic carbocycles. The molecule has 20 heavy (non-hydrogen) atoms. The molecule has 0 unspecified atom stereocenters. The zero-order valence-corrected chi connectivity index (χ0v) is 12.3. The van der Waals surface area contributed by atoms with Crippen molar-refractivity contribution in [3.8, 4) is 5.75 Å². The summed E-state index contributed by atoms with van der Waals surface area (Å²) in [5.74, 6) is 0.976. The highest BCUT2D eigenvalue weighted by Crippen LogP contribution is 2.25. The molecule has 2 aromatic rings. The second-order valence-electron chi connectivity index (χ2n) is 3.98. The van der Waals surface area contributed by atoms with E-state index in [4.69, 9.17) is 4.74 Å². The van der Waals surface area contributed by atoms with Crippen molar-refractivity contribution in [3.63, 3.8) is 0 Å². The molecule has 0 aliphatic carbocycles. The van der Waals surface area contributed by atoms with Gasteiger partial charge in [-0.25, -0.2) is 4.98 Å². The van der Waals surface area contributed by atoms with Crippen LogP contribution < -0.4 is 10.1 Å². The number of nitrogens with zero attached hydrogens (tertiary/aromatic N) is 2. The number of hydrogen-bond acceptors (Lipinski definition) is 5. The average Bonchev–Trinajstić information content (AvgIpc) is 2.46. The molecule has 0 saturated heterocycles. The topological polar surface area (TPSA) is 77.3 Å². The van der Waals surface area contributed by atoms with Gasteiger partial charge < -0.3 is 10.1 Å². The molecular weight excluding hydrogens is 326 g/mol. The molecule has 0 atom stereocenters. The fraction of sp³-hybridized carbons (Fsp3) is 0.154. The Morgan fingerprint density at radius 2 is 2.25 bits per heavy atom. The van der Waals surface area contributed by atoms with Gasteiger partial charge in [0.05, 0.1) is 12.0 Å². The van der Waals surface area contributed by atoms with Crippen LogP contribution in [0.3, 0.4) is 0 Å². The molecule has 1 N–H and O–H groups in total. The van der Waals surface area contributed by atoms with Crippen LogP contribution in [0.15, 0.2) is 41.0 Å². The number of anilines is 1. The highest BCUT2D eigenvalue weighted by atomic mass is 79.9. The van der Waals surface area contributed by atoms with Crippen molar-refractivity contribution in [2.45, 2.75) is 6.54 Å². The Bertz CT molecular complexity index is 634. The Labute approximate surface area is 124 Å². The lowest BCUT2D eigenvalue weighted by Crippen LogP contribution is -2.04. The Morgan fingerprint density at radius 3 is 2.95 bits per heavy atom. The highest BCUT2D eigenvalue weighted by molar-refractivity contribution is 9.10. The summed E-state index contributed by atoms with van der Waals surface area (Å²) in [5.41, 5.74) is 0.880. The number of nitro groups is 1. The summed E-state index contributed by atoms with van der Waals surface area (Å²) < 4.78 is 5.69. The molecule has 0 saturated carbocycles. The van der Waals surface area contributed by atoms with E-state index in [2.05, 4.69) is 26.2 Å². The molecule has 6 nitrogen and oxygen atoms in total. The number of nitrogens with one attached hydrogen (secondary N) is 1. The Balaban J connectivity index is 2.16. The SMILES string of the molecule is COc1cccc(CNc2ncc(Br)cc2[N+](=O)[O-])c1. The summed E-state index contributed by atoms with van der Waals surface area (Å²) in [4.78, 5) is 14.5. The highest BCUT2D eigenvalue weighted by Gasteiger charge is 2.15. The molecule has 1 aromatic heterocycles. The van der Waals surface area contributed by atoms with Crippen molar-refractivity contribution in [2.75, 3.05) is 12.4 Å². The molecule has 2 rings (SSSR count). The third-order valence-corrected chi connectivity index (χ3v) is 3.06. The molecule has 0 aliphatic rings. The van der Waals surface area contributed by atoms with Crippen LogP contribution in [0.5, 0.6) is 5.75 Å². The summed E-state index contributed by atoms with van der Waals surface area (Å²) >= 11 is 3.17. The number of hydrogen-bond donors (Lipinski definition) is 1. The minimum absolute atomic E-state index is 0.0673. The number of aromatic nitrogens is 1. The summed E-state index contributed by atoms with van der Waals surface area (Å²) in [6.07, 6.45) is 1.51. The predicted molar refractivity (Wildman–Crippen MR) is 78.9 cm³/mol. The van der Waals surface area contributed by atoms with Crippen LogP contribution in [0.2, 0.25) is 0 Å². The van der Waals surface area contributed by atoms with Gasteiger partial charge in [0.25, 0.3) is 0 Å². The Kier molecular flexibility index (Phi) is 4.52. The molecule has 0 radical (unpaired) electrons. The van der Waals surface area contributed by atoms with Gasteiger partial charge in [0, 0.05) is 23.3 Å². The Hall–Kier alpha value is -2.15. The van der Waals surface area contributed by atoms with Gasteiger partial charge >= 0.3 is 5.69 Å². The van der Waals surface area contributed by atoms with Crippen LogP contribution >= 0.6 is 15.9 Å². The van der Waals surface area contributed by atoms with Gasteiger partial charge in [-0.05, 0) is 33.6 Å². The second kappa shape index (κ2) is 6.33. The van der Waals surface area contributed by atoms with E-state index >= 15 is 0 Å². The van der Waals surface area contributed by atoms with Crippen molar-refractivity contribution >= 4 is 27.4 Å². The van der Waals surface area contributed by atoms with Crippen molar-refractivity contribution < 1.29 is 9.66 Å². The number of rotatable bonds is 5. The number of methoxy groups -OCH3 is 1.